The third-order valence-corrected chi connectivity index (χ3v) is 4.01. The summed E-state index contributed by atoms with van der Waals surface area (Å²) in [6.07, 6.45) is 5.89. The largest absolute Gasteiger partial charge is 0.380 e. The monoisotopic (exact) mass is 271 g/mol. The van der Waals surface area contributed by atoms with Crippen molar-refractivity contribution in [2.75, 3.05) is 13.7 Å². The summed E-state index contributed by atoms with van der Waals surface area (Å²) in [6.45, 7) is 8.07. The van der Waals surface area contributed by atoms with Gasteiger partial charge in [0.2, 0.25) is 0 Å². The molecule has 0 radical (unpaired) electrons. The van der Waals surface area contributed by atoms with Crippen LogP contribution in [0.5, 0.6) is 0 Å². The second kappa shape index (κ2) is 6.00. The Morgan fingerprint density at radius 1 is 1.67 bits per heavy atom. The van der Waals surface area contributed by atoms with Crippen LogP contribution in [0.15, 0.2) is 23.8 Å². The Bertz CT molecular complexity index is 378. The van der Waals surface area contributed by atoms with E-state index < -0.39 is 5.41 Å². The number of halogens is 1. The van der Waals surface area contributed by atoms with Gasteiger partial charge in [0.1, 0.15) is 5.78 Å². The Labute approximate surface area is 115 Å². The Kier molecular flexibility index (Phi) is 5.14. The number of carbonyl (C=O) groups excluding carboxylic acids is 1. The van der Waals surface area contributed by atoms with Crippen molar-refractivity contribution in [2.45, 2.75) is 39.8 Å². The highest BCUT2D eigenvalue weighted by atomic mass is 35.5. The fraction of sp³-hybridized carbons (Fsp3) is 0.643. The Balaban J connectivity index is 2.98. The average Bonchev–Trinajstić information content (AvgIpc) is 2.28. The molecule has 0 heterocycles. The lowest BCUT2D eigenvalue weighted by atomic mass is 9.73. The smallest absolute Gasteiger partial charge is 0.141 e. The number of Topliss-reactive ketones (excluding diaryl/α,β-unsaturated/α-hetero) is 1. The maximum atomic E-state index is 11.9. The van der Waals surface area contributed by atoms with E-state index in [4.69, 9.17) is 16.5 Å². The molecule has 3 atom stereocenters. The summed E-state index contributed by atoms with van der Waals surface area (Å²) in [4.78, 5) is 11.9. The van der Waals surface area contributed by atoms with Crippen LogP contribution in [0, 0.1) is 5.41 Å². The van der Waals surface area contributed by atoms with Crippen LogP contribution in [-0.4, -0.2) is 36.0 Å². The Morgan fingerprint density at radius 2 is 2.28 bits per heavy atom. The van der Waals surface area contributed by atoms with Gasteiger partial charge >= 0.3 is 0 Å². The lowest BCUT2D eigenvalue weighted by Crippen LogP contribution is -2.48. The van der Waals surface area contributed by atoms with E-state index in [1.54, 1.807) is 18.5 Å². The van der Waals surface area contributed by atoms with Gasteiger partial charge in [-0.1, -0.05) is 23.8 Å². The van der Waals surface area contributed by atoms with Crippen molar-refractivity contribution < 1.29 is 9.53 Å². The zero-order valence-electron chi connectivity index (χ0n) is 11.7. The maximum absolute atomic E-state index is 11.9. The molecule has 0 saturated carbocycles. The molecule has 0 aliphatic heterocycles. The van der Waals surface area contributed by atoms with Crippen LogP contribution in [0.4, 0.5) is 0 Å². The van der Waals surface area contributed by atoms with E-state index in [0.29, 0.717) is 6.54 Å². The second-order valence-electron chi connectivity index (χ2n) is 5.14. The minimum absolute atomic E-state index is 0.0254. The van der Waals surface area contributed by atoms with Gasteiger partial charge < -0.3 is 4.74 Å². The zero-order valence-corrected chi connectivity index (χ0v) is 12.5. The van der Waals surface area contributed by atoms with Gasteiger partial charge in [0, 0.05) is 13.7 Å². The molecule has 1 aliphatic carbocycles. The number of carbonyl (C=O) groups is 1. The molecule has 0 spiro atoms. The number of hydrogen-bond acceptors (Lipinski definition) is 3. The zero-order chi connectivity index (χ0) is 13.9. The molecule has 0 aromatic carbocycles. The molecule has 0 amide bonds. The van der Waals surface area contributed by atoms with Crippen molar-refractivity contribution in [1.82, 2.24) is 4.42 Å². The number of methoxy groups -OCH3 is 1. The Hall–Kier alpha value is -0.640. The summed E-state index contributed by atoms with van der Waals surface area (Å²) in [5, 5.41) is 0. The summed E-state index contributed by atoms with van der Waals surface area (Å²) in [5.74, 6) is 0.118. The highest BCUT2D eigenvalue weighted by Crippen LogP contribution is 2.37. The van der Waals surface area contributed by atoms with Gasteiger partial charge in [0.25, 0.3) is 0 Å². The van der Waals surface area contributed by atoms with Crippen molar-refractivity contribution in [3.63, 3.8) is 0 Å². The normalized spacial score (nSPS) is 29.3. The number of ketones is 1. The summed E-state index contributed by atoms with van der Waals surface area (Å²) >= 11 is 6.38. The molecule has 3 nitrogen and oxygen atoms in total. The van der Waals surface area contributed by atoms with Crippen molar-refractivity contribution in [3.05, 3.63) is 23.8 Å². The molecule has 18 heavy (non-hydrogen) atoms. The first-order chi connectivity index (χ1) is 8.32. The number of ether oxygens (including phenoxy) is 1. The standard InChI is InChI=1S/C14H22ClNO2/c1-10-7-6-8-14(4,12(3)17)13(10)16(15)9-11(2)18-5/h6-8,11,13H,9H2,1-5H3. The molecule has 0 N–H and O–H groups in total. The van der Waals surface area contributed by atoms with Crippen LogP contribution in [0.25, 0.3) is 0 Å². The summed E-state index contributed by atoms with van der Waals surface area (Å²) < 4.78 is 6.91. The van der Waals surface area contributed by atoms with Crippen LogP contribution in [0.3, 0.4) is 0 Å². The van der Waals surface area contributed by atoms with E-state index in [9.17, 15) is 4.79 Å². The van der Waals surface area contributed by atoms with Crippen LogP contribution in [-0.2, 0) is 9.53 Å². The van der Waals surface area contributed by atoms with Gasteiger partial charge in [0.05, 0.1) is 17.6 Å². The van der Waals surface area contributed by atoms with Crippen molar-refractivity contribution in [3.8, 4) is 0 Å². The van der Waals surface area contributed by atoms with E-state index in [-0.39, 0.29) is 17.9 Å². The number of hydrogen-bond donors (Lipinski definition) is 0. The van der Waals surface area contributed by atoms with Gasteiger partial charge in [0.15, 0.2) is 0 Å². The first kappa shape index (κ1) is 15.4. The first-order valence-corrected chi connectivity index (χ1v) is 6.49. The first-order valence-electron chi connectivity index (χ1n) is 6.15. The van der Waals surface area contributed by atoms with Crippen molar-refractivity contribution in [1.29, 1.82) is 0 Å². The number of allylic oxidation sites excluding steroid dienone is 2. The van der Waals surface area contributed by atoms with Crippen LogP contribution >= 0.6 is 11.8 Å². The topological polar surface area (TPSA) is 29.5 Å². The summed E-state index contributed by atoms with van der Waals surface area (Å²) in [6, 6.07) is -0.126. The fourth-order valence-corrected chi connectivity index (χ4v) is 2.85. The molecule has 3 unspecified atom stereocenters. The van der Waals surface area contributed by atoms with E-state index >= 15 is 0 Å². The summed E-state index contributed by atoms with van der Waals surface area (Å²) in [5.41, 5.74) is 0.516. The van der Waals surface area contributed by atoms with Crippen LogP contribution in [0.2, 0.25) is 0 Å². The fourth-order valence-electron chi connectivity index (χ4n) is 2.30. The van der Waals surface area contributed by atoms with E-state index in [0.717, 1.165) is 5.57 Å². The summed E-state index contributed by atoms with van der Waals surface area (Å²) in [7, 11) is 1.66. The van der Waals surface area contributed by atoms with Gasteiger partial charge in [-0.25, -0.2) is 4.42 Å². The molecule has 1 rings (SSSR count). The molecular formula is C14H22ClNO2. The minimum atomic E-state index is -0.575. The predicted molar refractivity (Wildman–Crippen MR) is 74.5 cm³/mol. The molecule has 0 bridgehead atoms. The van der Waals surface area contributed by atoms with Crippen molar-refractivity contribution >= 4 is 17.6 Å². The predicted octanol–water partition coefficient (Wildman–Crippen LogP) is 2.96. The molecular weight excluding hydrogens is 250 g/mol. The lowest BCUT2D eigenvalue weighted by molar-refractivity contribution is -0.125. The molecule has 102 valence electrons. The van der Waals surface area contributed by atoms with Gasteiger partial charge in [-0.2, -0.15) is 0 Å². The highest BCUT2D eigenvalue weighted by Gasteiger charge is 2.42. The van der Waals surface area contributed by atoms with E-state index in [1.165, 1.54) is 0 Å². The number of rotatable bonds is 5. The molecule has 0 fully saturated rings. The molecule has 0 aromatic rings. The van der Waals surface area contributed by atoms with E-state index in [2.05, 4.69) is 0 Å². The van der Waals surface area contributed by atoms with Gasteiger partial charge in [-0.15, -0.1) is 0 Å². The van der Waals surface area contributed by atoms with Gasteiger partial charge in [-0.05, 0) is 39.5 Å². The van der Waals surface area contributed by atoms with Gasteiger partial charge in [-0.3, -0.25) is 4.79 Å². The molecule has 0 aromatic heterocycles. The SMILES string of the molecule is COC(C)CN(Cl)C1C(C)=CC=CC1(C)C(C)=O. The van der Waals surface area contributed by atoms with E-state index in [1.807, 2.05) is 39.0 Å². The average molecular weight is 272 g/mol. The van der Waals surface area contributed by atoms with Crippen LogP contribution in [0.1, 0.15) is 27.7 Å². The molecule has 4 heteroatoms. The highest BCUT2D eigenvalue weighted by molar-refractivity contribution is 6.14. The third kappa shape index (κ3) is 3.02. The quantitative estimate of drug-likeness (QED) is 0.720. The van der Waals surface area contributed by atoms with Crippen molar-refractivity contribution in [2.24, 2.45) is 5.41 Å². The minimum Gasteiger partial charge on any atom is -0.380 e. The lowest BCUT2D eigenvalue weighted by Gasteiger charge is -2.40. The number of nitrogens with zero attached hydrogens (tertiary/aromatic N) is 1. The molecule has 0 saturated heterocycles. The third-order valence-electron chi connectivity index (χ3n) is 3.67. The second-order valence-corrected chi connectivity index (χ2v) is 5.57. The Morgan fingerprint density at radius 3 is 2.78 bits per heavy atom. The molecule has 1 aliphatic rings. The van der Waals surface area contributed by atoms with Crippen LogP contribution < -0.4 is 0 Å². The maximum Gasteiger partial charge on any atom is 0.141 e.